The summed E-state index contributed by atoms with van der Waals surface area (Å²) >= 11 is 0. The van der Waals surface area contributed by atoms with Gasteiger partial charge >= 0.3 is 0 Å². The lowest BCUT2D eigenvalue weighted by molar-refractivity contribution is 0.190. The Bertz CT molecular complexity index is 322. The van der Waals surface area contributed by atoms with Crippen molar-refractivity contribution in [1.29, 1.82) is 0 Å². The van der Waals surface area contributed by atoms with Crippen molar-refractivity contribution in [2.75, 3.05) is 19.0 Å². The molecule has 0 amide bonds. The third kappa shape index (κ3) is 4.77. The van der Waals surface area contributed by atoms with Crippen molar-refractivity contribution in [3.8, 4) is 0 Å². The first-order chi connectivity index (χ1) is 8.17. The minimum atomic E-state index is 0.284. The van der Waals surface area contributed by atoms with Crippen molar-refractivity contribution >= 4 is 5.95 Å². The number of anilines is 1. The second-order valence-corrected chi connectivity index (χ2v) is 4.61. The van der Waals surface area contributed by atoms with E-state index in [1.807, 2.05) is 6.92 Å². The van der Waals surface area contributed by atoms with E-state index in [1.54, 1.807) is 7.11 Å². The zero-order valence-electron chi connectivity index (χ0n) is 11.5. The van der Waals surface area contributed by atoms with Crippen LogP contribution < -0.4 is 5.32 Å². The van der Waals surface area contributed by atoms with Crippen molar-refractivity contribution in [2.45, 2.75) is 52.6 Å². The number of nitrogens with one attached hydrogen (secondary N) is 1. The van der Waals surface area contributed by atoms with Crippen LogP contribution >= 0.6 is 0 Å². The number of unbranched alkanes of at least 4 members (excludes halogenated alkanes) is 2. The maximum Gasteiger partial charge on any atom is 0.203 e. The van der Waals surface area contributed by atoms with Gasteiger partial charge in [0.05, 0.1) is 12.3 Å². The number of aryl methyl sites for hydroxylation is 2. The third-order valence-corrected chi connectivity index (χ3v) is 2.69. The van der Waals surface area contributed by atoms with E-state index in [9.17, 15) is 0 Å². The van der Waals surface area contributed by atoms with E-state index < -0.39 is 0 Å². The van der Waals surface area contributed by atoms with E-state index in [0.29, 0.717) is 6.61 Å². The Balaban J connectivity index is 2.57. The Hall–Kier alpha value is -1.03. The summed E-state index contributed by atoms with van der Waals surface area (Å²) in [6, 6.07) is 0.284. The van der Waals surface area contributed by atoms with Crippen molar-refractivity contribution in [1.82, 2.24) is 9.55 Å². The molecule has 0 fully saturated rings. The predicted octanol–water partition coefficient (Wildman–Crippen LogP) is 2.83. The van der Waals surface area contributed by atoms with Gasteiger partial charge in [0, 0.05) is 25.9 Å². The van der Waals surface area contributed by atoms with Gasteiger partial charge in [-0.05, 0) is 20.3 Å². The Morgan fingerprint density at radius 3 is 2.88 bits per heavy atom. The number of methoxy groups -OCH3 is 1. The molecule has 0 bridgehead atoms. The van der Waals surface area contributed by atoms with Crippen LogP contribution in [0.2, 0.25) is 0 Å². The van der Waals surface area contributed by atoms with Crippen LogP contribution in [0.1, 0.15) is 38.8 Å². The number of hydrogen-bond acceptors (Lipinski definition) is 3. The van der Waals surface area contributed by atoms with E-state index in [-0.39, 0.29) is 6.04 Å². The molecule has 0 spiro atoms. The molecule has 0 aliphatic carbocycles. The smallest absolute Gasteiger partial charge is 0.203 e. The molecule has 1 aromatic heterocycles. The van der Waals surface area contributed by atoms with E-state index in [0.717, 1.165) is 18.2 Å². The average Bonchev–Trinajstić information content (AvgIpc) is 2.60. The number of ether oxygens (including phenoxy) is 1. The molecule has 4 nitrogen and oxygen atoms in total. The summed E-state index contributed by atoms with van der Waals surface area (Å²) in [7, 11) is 1.72. The molecule has 4 heteroatoms. The summed E-state index contributed by atoms with van der Waals surface area (Å²) in [5, 5.41) is 3.39. The topological polar surface area (TPSA) is 39.1 Å². The monoisotopic (exact) mass is 239 g/mol. The molecule has 1 rings (SSSR count). The first-order valence-electron chi connectivity index (χ1n) is 6.46. The molecule has 1 atom stereocenters. The fourth-order valence-corrected chi connectivity index (χ4v) is 1.88. The highest BCUT2D eigenvalue weighted by atomic mass is 16.5. The fourth-order valence-electron chi connectivity index (χ4n) is 1.88. The highest BCUT2D eigenvalue weighted by Crippen LogP contribution is 2.11. The van der Waals surface area contributed by atoms with Gasteiger partial charge in [0.25, 0.3) is 0 Å². The maximum atomic E-state index is 5.12. The van der Waals surface area contributed by atoms with Gasteiger partial charge in [-0.3, -0.25) is 0 Å². The van der Waals surface area contributed by atoms with Crippen LogP contribution in [0.4, 0.5) is 5.95 Å². The van der Waals surface area contributed by atoms with Crippen LogP contribution in [-0.4, -0.2) is 29.3 Å². The summed E-state index contributed by atoms with van der Waals surface area (Å²) in [6.45, 7) is 8.09. The van der Waals surface area contributed by atoms with Crippen molar-refractivity contribution in [2.24, 2.45) is 0 Å². The lowest BCUT2D eigenvalue weighted by Gasteiger charge is -2.15. The van der Waals surface area contributed by atoms with Gasteiger partial charge < -0.3 is 14.6 Å². The molecule has 0 saturated heterocycles. The normalized spacial score (nSPS) is 12.7. The summed E-state index contributed by atoms with van der Waals surface area (Å²) in [5.41, 5.74) is 1.06. The molecule has 0 aromatic carbocycles. The summed E-state index contributed by atoms with van der Waals surface area (Å²) in [5.74, 6) is 0.961. The summed E-state index contributed by atoms with van der Waals surface area (Å²) in [4.78, 5) is 4.51. The van der Waals surface area contributed by atoms with E-state index in [1.165, 1.54) is 19.3 Å². The molecule has 0 aliphatic rings. The predicted molar refractivity (Wildman–Crippen MR) is 71.4 cm³/mol. The van der Waals surface area contributed by atoms with Crippen molar-refractivity contribution < 1.29 is 4.74 Å². The molecule has 0 saturated carbocycles. The van der Waals surface area contributed by atoms with Crippen LogP contribution in [0.15, 0.2) is 6.20 Å². The lowest BCUT2D eigenvalue weighted by atomic mass is 10.2. The number of aromatic nitrogens is 2. The molecule has 17 heavy (non-hydrogen) atoms. The largest absolute Gasteiger partial charge is 0.383 e. The number of nitrogens with zero attached hydrogens (tertiary/aromatic N) is 2. The lowest BCUT2D eigenvalue weighted by Crippen LogP contribution is -2.23. The van der Waals surface area contributed by atoms with Crippen LogP contribution in [-0.2, 0) is 11.3 Å². The molecule has 0 aliphatic heterocycles. The Labute approximate surface area is 104 Å². The zero-order chi connectivity index (χ0) is 12.7. The van der Waals surface area contributed by atoms with Crippen LogP contribution in [0, 0.1) is 6.92 Å². The van der Waals surface area contributed by atoms with Gasteiger partial charge in [0.15, 0.2) is 0 Å². The Morgan fingerprint density at radius 2 is 2.24 bits per heavy atom. The number of rotatable bonds is 8. The van der Waals surface area contributed by atoms with Crippen molar-refractivity contribution in [3.05, 3.63) is 11.9 Å². The maximum absolute atomic E-state index is 5.12. The minimum Gasteiger partial charge on any atom is -0.383 e. The quantitative estimate of drug-likeness (QED) is 0.709. The SMILES string of the molecule is CCCCCn1cc(C)nc1NC(C)COC. The van der Waals surface area contributed by atoms with Gasteiger partial charge in [-0.15, -0.1) is 0 Å². The molecule has 1 aromatic rings. The second-order valence-electron chi connectivity index (χ2n) is 4.61. The Morgan fingerprint density at radius 1 is 1.47 bits per heavy atom. The number of hydrogen-bond donors (Lipinski definition) is 1. The van der Waals surface area contributed by atoms with Gasteiger partial charge in [-0.25, -0.2) is 4.98 Å². The molecular formula is C13H25N3O. The molecule has 1 N–H and O–H groups in total. The molecule has 1 heterocycles. The summed E-state index contributed by atoms with van der Waals surface area (Å²) in [6.07, 6.45) is 5.83. The Kier molecular flexibility index (Phi) is 6.05. The van der Waals surface area contributed by atoms with Gasteiger partial charge in [-0.2, -0.15) is 0 Å². The fraction of sp³-hybridized carbons (Fsp3) is 0.769. The molecule has 98 valence electrons. The average molecular weight is 239 g/mol. The first-order valence-corrected chi connectivity index (χ1v) is 6.46. The van der Waals surface area contributed by atoms with Gasteiger partial charge in [0.2, 0.25) is 5.95 Å². The molecule has 1 unspecified atom stereocenters. The minimum absolute atomic E-state index is 0.284. The highest BCUT2D eigenvalue weighted by Gasteiger charge is 2.08. The van der Waals surface area contributed by atoms with Crippen molar-refractivity contribution in [3.63, 3.8) is 0 Å². The standard InChI is InChI=1S/C13H25N3O/c1-5-6-7-8-16-9-11(2)14-13(16)15-12(3)10-17-4/h9,12H,5-8,10H2,1-4H3,(H,14,15). The van der Waals surface area contributed by atoms with Gasteiger partial charge in [-0.1, -0.05) is 19.8 Å². The van der Waals surface area contributed by atoms with E-state index in [4.69, 9.17) is 4.74 Å². The number of imidazole rings is 1. The van der Waals surface area contributed by atoms with Crippen LogP contribution in [0.25, 0.3) is 0 Å². The van der Waals surface area contributed by atoms with Crippen LogP contribution in [0.3, 0.4) is 0 Å². The molecular weight excluding hydrogens is 214 g/mol. The molecule has 0 radical (unpaired) electrons. The van der Waals surface area contributed by atoms with E-state index in [2.05, 4.69) is 34.9 Å². The summed E-state index contributed by atoms with van der Waals surface area (Å²) < 4.78 is 7.33. The zero-order valence-corrected chi connectivity index (χ0v) is 11.5. The van der Waals surface area contributed by atoms with Gasteiger partial charge in [0.1, 0.15) is 0 Å². The second kappa shape index (κ2) is 7.33. The van der Waals surface area contributed by atoms with Crippen LogP contribution in [0.5, 0.6) is 0 Å². The van der Waals surface area contributed by atoms with E-state index >= 15 is 0 Å². The highest BCUT2D eigenvalue weighted by molar-refractivity contribution is 5.29. The third-order valence-electron chi connectivity index (χ3n) is 2.69. The first kappa shape index (κ1) is 14.0.